The van der Waals surface area contributed by atoms with Gasteiger partial charge >= 0.3 is 0 Å². The maximum atomic E-state index is 8.83. The van der Waals surface area contributed by atoms with E-state index in [9.17, 15) is 0 Å². The molecule has 0 heterocycles. The molecule has 53 valence electrons. The molecule has 0 atom stereocenters. The highest BCUT2D eigenvalue weighted by atomic mass is 16.5. The number of benzene rings is 1. The summed E-state index contributed by atoms with van der Waals surface area (Å²) in [5.41, 5.74) is 0. The van der Waals surface area contributed by atoms with Gasteiger partial charge < -0.3 is 14.9 Å². The Labute approximate surface area is 58.5 Å². The van der Waals surface area contributed by atoms with Crippen LogP contribution in [0.3, 0.4) is 0 Å². The summed E-state index contributed by atoms with van der Waals surface area (Å²) in [5, 5.41) is 17.7. The highest BCUT2D eigenvalue weighted by Crippen LogP contribution is 2.24. The average molecular weight is 139 g/mol. The highest BCUT2D eigenvalue weighted by molar-refractivity contribution is 5.38. The van der Waals surface area contributed by atoms with Crippen LogP contribution in [-0.4, -0.2) is 17.3 Å². The molecule has 0 spiro atoms. The Morgan fingerprint density at radius 1 is 1.30 bits per heavy atom. The molecule has 1 aromatic carbocycles. The van der Waals surface area contributed by atoms with E-state index in [1.165, 1.54) is 19.2 Å². The fourth-order valence-electron chi connectivity index (χ4n) is 0.632. The molecule has 1 radical (unpaired) electrons. The Morgan fingerprint density at radius 2 is 1.80 bits per heavy atom. The minimum atomic E-state index is -0.128. The first kappa shape index (κ1) is 6.74. The van der Waals surface area contributed by atoms with Crippen molar-refractivity contribution >= 4 is 0 Å². The molecule has 1 aromatic rings. The van der Waals surface area contributed by atoms with Crippen LogP contribution in [-0.2, 0) is 0 Å². The summed E-state index contributed by atoms with van der Waals surface area (Å²) in [5.74, 6) is 0.155. The first-order valence-electron chi connectivity index (χ1n) is 2.71. The lowest BCUT2D eigenvalue weighted by molar-refractivity contribution is 0.397. The lowest BCUT2D eigenvalue weighted by Crippen LogP contribution is -1.80. The molecule has 0 aromatic heterocycles. The van der Waals surface area contributed by atoms with E-state index in [1.54, 1.807) is 0 Å². The van der Waals surface area contributed by atoms with Crippen LogP contribution in [0.5, 0.6) is 17.2 Å². The lowest BCUT2D eigenvalue weighted by Gasteiger charge is -1.99. The van der Waals surface area contributed by atoms with Gasteiger partial charge in [-0.1, -0.05) is 0 Å². The van der Waals surface area contributed by atoms with E-state index >= 15 is 0 Å². The van der Waals surface area contributed by atoms with Crippen LogP contribution < -0.4 is 4.74 Å². The standard InChI is InChI=1S/C7H7O3/c1-10-7-3-5(8)2-6(9)4-7/h3-4,8-9H,1H3. The SMILES string of the molecule is COc1cc(O)[c]c(O)c1. The lowest BCUT2D eigenvalue weighted by atomic mass is 10.3. The third kappa shape index (κ3) is 1.31. The van der Waals surface area contributed by atoms with Gasteiger partial charge in [0.15, 0.2) is 0 Å². The van der Waals surface area contributed by atoms with Crippen LogP contribution in [0.25, 0.3) is 0 Å². The summed E-state index contributed by atoms with van der Waals surface area (Å²) in [6, 6.07) is 5.00. The number of aromatic hydroxyl groups is 2. The van der Waals surface area contributed by atoms with Crippen molar-refractivity contribution in [1.29, 1.82) is 0 Å². The molecule has 2 N–H and O–H groups in total. The van der Waals surface area contributed by atoms with Crippen molar-refractivity contribution in [3.63, 3.8) is 0 Å². The van der Waals surface area contributed by atoms with Crippen LogP contribution in [0, 0.1) is 6.07 Å². The van der Waals surface area contributed by atoms with Gasteiger partial charge in [0.05, 0.1) is 13.2 Å². The second kappa shape index (κ2) is 2.47. The molecule has 0 saturated carbocycles. The molecule has 0 bridgehead atoms. The van der Waals surface area contributed by atoms with E-state index in [4.69, 9.17) is 14.9 Å². The van der Waals surface area contributed by atoms with Crippen molar-refractivity contribution in [3.05, 3.63) is 18.2 Å². The Morgan fingerprint density at radius 3 is 2.20 bits per heavy atom. The van der Waals surface area contributed by atoms with Crippen molar-refractivity contribution in [2.75, 3.05) is 7.11 Å². The van der Waals surface area contributed by atoms with Crippen molar-refractivity contribution in [3.8, 4) is 17.2 Å². The van der Waals surface area contributed by atoms with Crippen LogP contribution in [0.4, 0.5) is 0 Å². The third-order valence-corrected chi connectivity index (χ3v) is 1.05. The second-order valence-corrected chi connectivity index (χ2v) is 1.79. The maximum absolute atomic E-state index is 8.83. The van der Waals surface area contributed by atoms with Crippen LogP contribution >= 0.6 is 0 Å². The molecule has 0 aliphatic carbocycles. The van der Waals surface area contributed by atoms with Gasteiger partial charge in [-0.15, -0.1) is 0 Å². The topological polar surface area (TPSA) is 49.7 Å². The zero-order valence-corrected chi connectivity index (χ0v) is 5.46. The van der Waals surface area contributed by atoms with Gasteiger partial charge in [0.2, 0.25) is 0 Å². The van der Waals surface area contributed by atoms with Gasteiger partial charge in [0.1, 0.15) is 17.2 Å². The van der Waals surface area contributed by atoms with E-state index in [1.807, 2.05) is 0 Å². The molecule has 0 saturated heterocycles. The number of rotatable bonds is 1. The molecule has 0 aliphatic rings. The Bertz CT molecular complexity index is 212. The van der Waals surface area contributed by atoms with Gasteiger partial charge in [-0.25, -0.2) is 0 Å². The third-order valence-electron chi connectivity index (χ3n) is 1.05. The molecule has 0 unspecified atom stereocenters. The molecular formula is C7H7O3. The van der Waals surface area contributed by atoms with Gasteiger partial charge in [-0.3, -0.25) is 0 Å². The van der Waals surface area contributed by atoms with E-state index in [-0.39, 0.29) is 11.5 Å². The molecule has 1 rings (SSSR count). The quantitative estimate of drug-likeness (QED) is 0.607. The first-order valence-corrected chi connectivity index (χ1v) is 2.71. The molecule has 0 fully saturated rings. The predicted octanol–water partition coefficient (Wildman–Crippen LogP) is 0.907. The minimum absolute atomic E-state index is 0.128. The molecule has 3 nitrogen and oxygen atoms in total. The smallest absolute Gasteiger partial charge is 0.131 e. The zero-order valence-electron chi connectivity index (χ0n) is 5.46. The Hall–Kier alpha value is -1.38. The summed E-state index contributed by atoms with van der Waals surface area (Å²) < 4.78 is 4.74. The first-order chi connectivity index (χ1) is 4.72. The maximum Gasteiger partial charge on any atom is 0.131 e. The number of hydrogen-bond acceptors (Lipinski definition) is 3. The van der Waals surface area contributed by atoms with Crippen LogP contribution in [0.15, 0.2) is 12.1 Å². The van der Waals surface area contributed by atoms with Gasteiger partial charge in [0.25, 0.3) is 0 Å². The predicted molar refractivity (Wildman–Crippen MR) is 35.2 cm³/mol. The molecule has 0 amide bonds. The molecule has 0 aliphatic heterocycles. The summed E-state index contributed by atoms with van der Waals surface area (Å²) >= 11 is 0. The van der Waals surface area contributed by atoms with Crippen molar-refractivity contribution in [2.45, 2.75) is 0 Å². The molecular weight excluding hydrogens is 132 g/mol. The fraction of sp³-hybridized carbons (Fsp3) is 0.143. The number of methoxy groups -OCH3 is 1. The fourth-order valence-corrected chi connectivity index (χ4v) is 0.632. The van der Waals surface area contributed by atoms with Crippen molar-refractivity contribution in [2.24, 2.45) is 0 Å². The Balaban J connectivity index is 3.06. The summed E-state index contributed by atoms with van der Waals surface area (Å²) in [4.78, 5) is 0. The monoisotopic (exact) mass is 139 g/mol. The number of ether oxygens (including phenoxy) is 1. The van der Waals surface area contributed by atoms with Crippen LogP contribution in [0.1, 0.15) is 0 Å². The number of hydrogen-bond donors (Lipinski definition) is 2. The van der Waals surface area contributed by atoms with Gasteiger partial charge in [0, 0.05) is 12.1 Å². The Kier molecular flexibility index (Phi) is 1.67. The van der Waals surface area contributed by atoms with E-state index in [0.29, 0.717) is 5.75 Å². The summed E-state index contributed by atoms with van der Waals surface area (Å²) in [6.07, 6.45) is 0. The summed E-state index contributed by atoms with van der Waals surface area (Å²) in [7, 11) is 1.45. The zero-order chi connectivity index (χ0) is 7.56. The van der Waals surface area contributed by atoms with E-state index in [0.717, 1.165) is 0 Å². The summed E-state index contributed by atoms with van der Waals surface area (Å²) in [6.45, 7) is 0. The highest BCUT2D eigenvalue weighted by Gasteiger charge is 1.97. The van der Waals surface area contributed by atoms with Gasteiger partial charge in [-0.2, -0.15) is 0 Å². The number of phenolic OH excluding ortho intramolecular Hbond substituents is 2. The molecule has 3 heteroatoms. The average Bonchev–Trinajstić information content (AvgIpc) is 1.85. The van der Waals surface area contributed by atoms with Crippen molar-refractivity contribution < 1.29 is 14.9 Å². The normalized spacial score (nSPS) is 9.30. The largest absolute Gasteiger partial charge is 0.507 e. The molecule has 10 heavy (non-hydrogen) atoms. The van der Waals surface area contributed by atoms with E-state index in [2.05, 4.69) is 6.07 Å². The van der Waals surface area contributed by atoms with Gasteiger partial charge in [-0.05, 0) is 0 Å². The van der Waals surface area contributed by atoms with Crippen molar-refractivity contribution in [1.82, 2.24) is 0 Å². The second-order valence-electron chi connectivity index (χ2n) is 1.79. The van der Waals surface area contributed by atoms with Crippen LogP contribution in [0.2, 0.25) is 0 Å². The minimum Gasteiger partial charge on any atom is -0.507 e. The number of phenols is 2. The van der Waals surface area contributed by atoms with E-state index < -0.39 is 0 Å².